The van der Waals surface area contributed by atoms with Gasteiger partial charge in [-0.2, -0.15) is 0 Å². The van der Waals surface area contributed by atoms with Gasteiger partial charge < -0.3 is 4.74 Å². The predicted octanol–water partition coefficient (Wildman–Crippen LogP) is 3.01. The highest BCUT2D eigenvalue weighted by Gasteiger charge is 2.47. The van der Waals surface area contributed by atoms with Crippen LogP contribution in [0.4, 0.5) is 0 Å². The van der Waals surface area contributed by atoms with Gasteiger partial charge in [-0.25, -0.2) is 0 Å². The lowest BCUT2D eigenvalue weighted by atomic mass is 9.90. The fourth-order valence-electron chi connectivity index (χ4n) is 2.20. The maximum atomic E-state index is 5.61. The maximum absolute atomic E-state index is 5.61. The second kappa shape index (κ2) is 2.58. The van der Waals surface area contributed by atoms with Crippen molar-refractivity contribution in [3.63, 3.8) is 0 Å². The molecule has 1 nitrogen and oxygen atoms in total. The Bertz CT molecular complexity index is 355. The molecular formula is C11H11BrO. The van der Waals surface area contributed by atoms with Crippen molar-refractivity contribution in [3.8, 4) is 0 Å². The minimum absolute atomic E-state index is 0.411. The monoisotopic (exact) mass is 238 g/mol. The number of benzene rings is 1. The van der Waals surface area contributed by atoms with Gasteiger partial charge in [-0.3, -0.25) is 0 Å². The third-order valence-electron chi connectivity index (χ3n) is 3.13. The molecule has 0 unspecified atom stereocenters. The maximum Gasteiger partial charge on any atom is 0.0720 e. The van der Waals surface area contributed by atoms with Crippen LogP contribution in [0.2, 0.25) is 0 Å². The molecule has 2 heteroatoms. The Morgan fingerprint density at radius 2 is 2.15 bits per heavy atom. The zero-order valence-electron chi connectivity index (χ0n) is 7.35. The van der Waals surface area contributed by atoms with Gasteiger partial charge in [-0.05, 0) is 36.1 Å². The Kier molecular flexibility index (Phi) is 1.59. The first-order valence-electron chi connectivity index (χ1n) is 4.67. The summed E-state index contributed by atoms with van der Waals surface area (Å²) in [4.78, 5) is 0. The summed E-state index contributed by atoms with van der Waals surface area (Å²) in [7, 11) is 0. The second-order valence-corrected chi connectivity index (χ2v) is 4.99. The molecular weight excluding hydrogens is 228 g/mol. The Labute approximate surface area is 86.2 Å². The molecule has 0 radical (unpaired) electrons. The average Bonchev–Trinajstić information content (AvgIpc) is 2.86. The molecule has 0 aromatic heterocycles. The lowest BCUT2D eigenvalue weighted by molar-refractivity contribution is 0.0838. The molecule has 1 aliphatic heterocycles. The van der Waals surface area contributed by atoms with Crippen molar-refractivity contribution in [1.82, 2.24) is 0 Å². The molecule has 0 amide bonds. The van der Waals surface area contributed by atoms with Crippen LogP contribution in [0.1, 0.15) is 24.0 Å². The summed E-state index contributed by atoms with van der Waals surface area (Å²) >= 11 is 3.49. The van der Waals surface area contributed by atoms with Gasteiger partial charge in [0.2, 0.25) is 0 Å². The quantitative estimate of drug-likeness (QED) is 0.676. The summed E-state index contributed by atoms with van der Waals surface area (Å²) in [6.45, 7) is 1.72. The van der Waals surface area contributed by atoms with Crippen molar-refractivity contribution in [2.75, 3.05) is 6.61 Å². The molecule has 1 aliphatic carbocycles. The summed E-state index contributed by atoms with van der Waals surface area (Å²) in [6.07, 6.45) is 2.61. The van der Waals surface area contributed by atoms with Crippen LogP contribution in [-0.4, -0.2) is 6.61 Å². The topological polar surface area (TPSA) is 9.23 Å². The van der Waals surface area contributed by atoms with Crippen LogP contribution >= 0.6 is 15.9 Å². The molecule has 1 aromatic rings. The van der Waals surface area contributed by atoms with Crippen LogP contribution in [0.15, 0.2) is 22.7 Å². The van der Waals surface area contributed by atoms with Crippen molar-refractivity contribution < 1.29 is 4.74 Å². The number of ether oxygens (including phenoxy) is 1. The number of halogens is 1. The first-order chi connectivity index (χ1) is 6.30. The molecule has 0 N–H and O–H groups in total. The third-order valence-corrected chi connectivity index (χ3v) is 3.62. The fourth-order valence-corrected chi connectivity index (χ4v) is 2.61. The van der Waals surface area contributed by atoms with E-state index in [1.165, 1.54) is 24.0 Å². The number of rotatable bonds is 0. The van der Waals surface area contributed by atoms with Gasteiger partial charge in [0.1, 0.15) is 0 Å². The van der Waals surface area contributed by atoms with E-state index in [2.05, 4.69) is 34.1 Å². The molecule has 1 fully saturated rings. The molecule has 68 valence electrons. The Hall–Kier alpha value is -0.340. The van der Waals surface area contributed by atoms with Crippen LogP contribution < -0.4 is 0 Å². The van der Waals surface area contributed by atoms with E-state index in [4.69, 9.17) is 4.74 Å². The summed E-state index contributed by atoms with van der Waals surface area (Å²) in [5, 5.41) is 0. The van der Waals surface area contributed by atoms with E-state index in [1.807, 2.05) is 0 Å². The zero-order valence-corrected chi connectivity index (χ0v) is 8.93. The number of fused-ring (bicyclic) bond motifs is 2. The first kappa shape index (κ1) is 8.01. The SMILES string of the molecule is Brc1ccc2c(c1)COCC21CC1. The molecule has 0 atom stereocenters. The molecule has 1 saturated carbocycles. The van der Waals surface area contributed by atoms with Crippen molar-refractivity contribution in [2.24, 2.45) is 0 Å². The number of hydrogen-bond donors (Lipinski definition) is 0. The second-order valence-electron chi connectivity index (χ2n) is 4.07. The highest BCUT2D eigenvalue weighted by atomic mass is 79.9. The fraction of sp³-hybridized carbons (Fsp3) is 0.455. The molecule has 0 saturated heterocycles. The smallest absolute Gasteiger partial charge is 0.0720 e. The summed E-state index contributed by atoms with van der Waals surface area (Å²) in [5.74, 6) is 0. The third kappa shape index (κ3) is 1.16. The Morgan fingerprint density at radius 1 is 1.31 bits per heavy atom. The lowest BCUT2D eigenvalue weighted by Gasteiger charge is -2.25. The minimum Gasteiger partial charge on any atom is -0.376 e. The van der Waals surface area contributed by atoms with E-state index in [0.717, 1.165) is 17.7 Å². The van der Waals surface area contributed by atoms with Gasteiger partial charge in [0.25, 0.3) is 0 Å². The molecule has 1 heterocycles. The molecule has 3 rings (SSSR count). The van der Waals surface area contributed by atoms with E-state index in [9.17, 15) is 0 Å². The van der Waals surface area contributed by atoms with Crippen molar-refractivity contribution in [1.29, 1.82) is 0 Å². The van der Waals surface area contributed by atoms with Gasteiger partial charge in [0, 0.05) is 9.89 Å². The van der Waals surface area contributed by atoms with Gasteiger partial charge in [-0.15, -0.1) is 0 Å². The van der Waals surface area contributed by atoms with Crippen LogP contribution in [0, 0.1) is 0 Å². The van der Waals surface area contributed by atoms with Crippen molar-refractivity contribution >= 4 is 15.9 Å². The van der Waals surface area contributed by atoms with Gasteiger partial charge in [-0.1, -0.05) is 22.0 Å². The van der Waals surface area contributed by atoms with E-state index < -0.39 is 0 Å². The molecule has 1 spiro atoms. The molecule has 2 aliphatic rings. The molecule has 1 aromatic carbocycles. The van der Waals surface area contributed by atoms with Crippen molar-refractivity contribution in [2.45, 2.75) is 24.9 Å². The van der Waals surface area contributed by atoms with Crippen molar-refractivity contribution in [3.05, 3.63) is 33.8 Å². The van der Waals surface area contributed by atoms with Crippen LogP contribution in [0.5, 0.6) is 0 Å². The van der Waals surface area contributed by atoms with Crippen LogP contribution in [-0.2, 0) is 16.8 Å². The van der Waals surface area contributed by atoms with Gasteiger partial charge >= 0.3 is 0 Å². The van der Waals surface area contributed by atoms with Gasteiger partial charge in [0.05, 0.1) is 13.2 Å². The van der Waals surface area contributed by atoms with Gasteiger partial charge in [0.15, 0.2) is 0 Å². The number of hydrogen-bond acceptors (Lipinski definition) is 1. The standard InChI is InChI=1S/C11H11BrO/c12-9-1-2-10-8(5-9)6-13-7-11(10)3-4-11/h1-2,5H,3-4,6-7H2. The predicted molar refractivity (Wildman–Crippen MR) is 54.7 cm³/mol. The average molecular weight is 239 g/mol. The lowest BCUT2D eigenvalue weighted by Crippen LogP contribution is -2.22. The largest absolute Gasteiger partial charge is 0.376 e. The summed E-state index contributed by atoms with van der Waals surface area (Å²) < 4.78 is 6.77. The van der Waals surface area contributed by atoms with E-state index in [0.29, 0.717) is 5.41 Å². The van der Waals surface area contributed by atoms with Crippen LogP contribution in [0.25, 0.3) is 0 Å². The summed E-state index contributed by atoms with van der Waals surface area (Å²) in [6, 6.07) is 6.59. The molecule has 0 bridgehead atoms. The highest BCUT2D eigenvalue weighted by molar-refractivity contribution is 9.10. The Morgan fingerprint density at radius 3 is 2.92 bits per heavy atom. The minimum atomic E-state index is 0.411. The zero-order chi connectivity index (χ0) is 8.89. The van der Waals surface area contributed by atoms with E-state index in [-0.39, 0.29) is 0 Å². The van der Waals surface area contributed by atoms with E-state index in [1.54, 1.807) is 0 Å². The molecule has 13 heavy (non-hydrogen) atoms. The van der Waals surface area contributed by atoms with Crippen LogP contribution in [0.3, 0.4) is 0 Å². The highest BCUT2D eigenvalue weighted by Crippen LogP contribution is 2.51. The normalized spacial score (nSPS) is 22.8. The Balaban J connectivity index is 2.15. The summed E-state index contributed by atoms with van der Waals surface area (Å²) in [5.41, 5.74) is 3.31. The van der Waals surface area contributed by atoms with E-state index >= 15 is 0 Å². The first-order valence-corrected chi connectivity index (χ1v) is 5.46.